The summed E-state index contributed by atoms with van der Waals surface area (Å²) in [5.41, 5.74) is 0.742. The second-order valence-electron chi connectivity index (χ2n) is 8.96. The fourth-order valence-electron chi connectivity index (χ4n) is 4.44. The second kappa shape index (κ2) is 13.5. The zero-order valence-corrected chi connectivity index (χ0v) is 21.8. The van der Waals surface area contributed by atoms with Crippen LogP contribution in [0.1, 0.15) is 26.7 Å². The Morgan fingerprint density at radius 1 is 1.16 bits per heavy atom. The highest BCUT2D eigenvalue weighted by Crippen LogP contribution is 2.25. The quantitative estimate of drug-likeness (QED) is 0.288. The zero-order valence-electron chi connectivity index (χ0n) is 19.4. The smallest absolute Gasteiger partial charge is 0.191 e. The SMILES string of the molecule is CN=C(NCC1CCN(c2ccc(F)c(F)c2)C1)NCC(CC(C)C)N1CCOCC1.I. The molecule has 2 unspecified atom stereocenters. The molecular weight excluding hydrogens is 527 g/mol. The molecule has 0 bridgehead atoms. The van der Waals surface area contributed by atoms with Gasteiger partial charge in [-0.15, -0.1) is 24.0 Å². The Bertz CT molecular complexity index is 730. The molecule has 0 aliphatic carbocycles. The van der Waals surface area contributed by atoms with E-state index < -0.39 is 11.6 Å². The van der Waals surface area contributed by atoms with Crippen molar-refractivity contribution in [2.24, 2.45) is 16.8 Å². The highest BCUT2D eigenvalue weighted by Gasteiger charge is 2.25. The first-order chi connectivity index (χ1) is 15.0. The van der Waals surface area contributed by atoms with Crippen molar-refractivity contribution >= 4 is 35.6 Å². The molecule has 2 heterocycles. The summed E-state index contributed by atoms with van der Waals surface area (Å²) in [6.45, 7) is 11.4. The number of anilines is 1. The molecular formula is C23H38F2IN5O. The first-order valence-corrected chi connectivity index (χ1v) is 11.4. The van der Waals surface area contributed by atoms with Crippen LogP contribution >= 0.6 is 24.0 Å². The van der Waals surface area contributed by atoms with Crippen molar-refractivity contribution in [2.45, 2.75) is 32.7 Å². The van der Waals surface area contributed by atoms with E-state index >= 15 is 0 Å². The molecule has 2 saturated heterocycles. The number of rotatable bonds is 8. The molecule has 6 nitrogen and oxygen atoms in total. The molecule has 182 valence electrons. The van der Waals surface area contributed by atoms with Gasteiger partial charge in [0.1, 0.15) is 0 Å². The van der Waals surface area contributed by atoms with Crippen LogP contribution in [-0.2, 0) is 4.74 Å². The molecule has 2 fully saturated rings. The molecule has 3 rings (SSSR count). The molecule has 0 radical (unpaired) electrons. The second-order valence-corrected chi connectivity index (χ2v) is 8.96. The van der Waals surface area contributed by atoms with Crippen molar-refractivity contribution in [3.05, 3.63) is 29.8 Å². The van der Waals surface area contributed by atoms with Crippen molar-refractivity contribution in [1.82, 2.24) is 15.5 Å². The van der Waals surface area contributed by atoms with Gasteiger partial charge in [0, 0.05) is 64.1 Å². The minimum atomic E-state index is -0.802. The van der Waals surface area contributed by atoms with Gasteiger partial charge in [-0.1, -0.05) is 13.8 Å². The standard InChI is InChI=1S/C23H37F2N5O.HI/c1-17(2)12-20(29-8-10-31-11-9-29)15-28-23(26-3)27-14-18-6-7-30(16-18)19-4-5-21(24)22(25)13-19;/h4-5,13,17-18,20H,6-12,14-16H2,1-3H3,(H2,26,27,28);1H. The van der Waals surface area contributed by atoms with E-state index in [0.29, 0.717) is 17.9 Å². The van der Waals surface area contributed by atoms with E-state index in [1.54, 1.807) is 13.1 Å². The maximum atomic E-state index is 13.5. The van der Waals surface area contributed by atoms with Crippen molar-refractivity contribution in [3.8, 4) is 0 Å². The van der Waals surface area contributed by atoms with Crippen molar-refractivity contribution in [2.75, 3.05) is 64.4 Å². The molecule has 32 heavy (non-hydrogen) atoms. The number of nitrogens with zero attached hydrogens (tertiary/aromatic N) is 3. The third kappa shape index (κ3) is 7.98. The van der Waals surface area contributed by atoms with E-state index in [0.717, 1.165) is 77.0 Å². The Morgan fingerprint density at radius 2 is 1.91 bits per heavy atom. The molecule has 0 saturated carbocycles. The van der Waals surface area contributed by atoms with Crippen LogP contribution in [-0.4, -0.2) is 76.4 Å². The Labute approximate surface area is 208 Å². The zero-order chi connectivity index (χ0) is 22.2. The molecule has 0 spiro atoms. The summed E-state index contributed by atoms with van der Waals surface area (Å²) in [5, 5.41) is 6.95. The van der Waals surface area contributed by atoms with Gasteiger partial charge < -0.3 is 20.3 Å². The lowest BCUT2D eigenvalue weighted by Crippen LogP contribution is -2.51. The van der Waals surface area contributed by atoms with Gasteiger partial charge in [-0.2, -0.15) is 0 Å². The van der Waals surface area contributed by atoms with Gasteiger partial charge in [0.25, 0.3) is 0 Å². The summed E-state index contributed by atoms with van der Waals surface area (Å²) in [4.78, 5) is 9.02. The van der Waals surface area contributed by atoms with Gasteiger partial charge in [-0.3, -0.25) is 9.89 Å². The average Bonchev–Trinajstić information content (AvgIpc) is 3.24. The number of benzene rings is 1. The number of halogens is 3. The summed E-state index contributed by atoms with van der Waals surface area (Å²) in [7, 11) is 1.80. The number of hydrogen-bond donors (Lipinski definition) is 2. The molecule has 2 aliphatic heterocycles. The molecule has 2 N–H and O–H groups in total. The minimum absolute atomic E-state index is 0. The first-order valence-electron chi connectivity index (χ1n) is 11.4. The number of guanidine groups is 1. The van der Waals surface area contributed by atoms with E-state index in [2.05, 4.69) is 39.3 Å². The van der Waals surface area contributed by atoms with E-state index in [9.17, 15) is 8.78 Å². The summed E-state index contributed by atoms with van der Waals surface area (Å²) in [6.07, 6.45) is 2.14. The summed E-state index contributed by atoms with van der Waals surface area (Å²) < 4.78 is 32.2. The Morgan fingerprint density at radius 3 is 2.56 bits per heavy atom. The van der Waals surface area contributed by atoms with Gasteiger partial charge in [0.05, 0.1) is 13.2 Å². The van der Waals surface area contributed by atoms with E-state index in [1.807, 2.05) is 0 Å². The largest absolute Gasteiger partial charge is 0.379 e. The summed E-state index contributed by atoms with van der Waals surface area (Å²) in [6, 6.07) is 4.59. The average molecular weight is 565 g/mol. The van der Waals surface area contributed by atoms with Crippen molar-refractivity contribution < 1.29 is 13.5 Å². The molecule has 1 aromatic rings. The fourth-order valence-corrected chi connectivity index (χ4v) is 4.44. The number of aliphatic imine (C=N–C) groups is 1. The normalized spacial score (nSPS) is 20.9. The Hall–Kier alpha value is -1.20. The van der Waals surface area contributed by atoms with Crippen LogP contribution in [0.4, 0.5) is 14.5 Å². The van der Waals surface area contributed by atoms with E-state index in [-0.39, 0.29) is 24.0 Å². The maximum absolute atomic E-state index is 13.5. The van der Waals surface area contributed by atoms with E-state index in [1.165, 1.54) is 12.1 Å². The number of morpholine rings is 1. The van der Waals surface area contributed by atoms with Crippen LogP contribution in [0.2, 0.25) is 0 Å². The highest BCUT2D eigenvalue weighted by molar-refractivity contribution is 14.0. The van der Waals surface area contributed by atoms with Gasteiger partial charge >= 0.3 is 0 Å². The van der Waals surface area contributed by atoms with Gasteiger partial charge in [-0.25, -0.2) is 8.78 Å². The molecule has 9 heteroatoms. The molecule has 0 amide bonds. The summed E-state index contributed by atoms with van der Waals surface area (Å²) >= 11 is 0. The monoisotopic (exact) mass is 565 g/mol. The van der Waals surface area contributed by atoms with Crippen LogP contribution < -0.4 is 15.5 Å². The fraction of sp³-hybridized carbons (Fsp3) is 0.696. The van der Waals surface area contributed by atoms with E-state index in [4.69, 9.17) is 4.74 Å². The Balaban J connectivity index is 0.00000363. The number of hydrogen-bond acceptors (Lipinski definition) is 4. The Kier molecular flexibility index (Phi) is 11.4. The topological polar surface area (TPSA) is 52.1 Å². The van der Waals surface area contributed by atoms with Crippen LogP contribution in [0, 0.1) is 23.5 Å². The van der Waals surface area contributed by atoms with Crippen LogP contribution in [0.3, 0.4) is 0 Å². The maximum Gasteiger partial charge on any atom is 0.191 e. The highest BCUT2D eigenvalue weighted by atomic mass is 127. The minimum Gasteiger partial charge on any atom is -0.379 e. The van der Waals surface area contributed by atoms with Gasteiger partial charge in [0.15, 0.2) is 17.6 Å². The predicted octanol–water partition coefficient (Wildman–Crippen LogP) is 3.32. The van der Waals surface area contributed by atoms with Crippen molar-refractivity contribution in [1.29, 1.82) is 0 Å². The lowest BCUT2D eigenvalue weighted by molar-refractivity contribution is 0.0132. The summed E-state index contributed by atoms with van der Waals surface area (Å²) in [5.74, 6) is 0.278. The molecule has 2 aliphatic rings. The van der Waals surface area contributed by atoms with Gasteiger partial charge in [0.2, 0.25) is 0 Å². The lowest BCUT2D eigenvalue weighted by atomic mass is 10.0. The molecule has 1 aromatic carbocycles. The third-order valence-corrected chi connectivity index (χ3v) is 6.15. The predicted molar refractivity (Wildman–Crippen MR) is 137 cm³/mol. The third-order valence-electron chi connectivity index (χ3n) is 6.15. The lowest BCUT2D eigenvalue weighted by Gasteiger charge is -2.35. The van der Waals surface area contributed by atoms with Crippen molar-refractivity contribution in [3.63, 3.8) is 0 Å². The number of nitrogens with one attached hydrogen (secondary N) is 2. The number of ether oxygens (including phenoxy) is 1. The molecule has 0 aromatic heterocycles. The van der Waals surface area contributed by atoms with Crippen LogP contribution in [0.25, 0.3) is 0 Å². The molecule has 2 atom stereocenters. The first kappa shape index (κ1) is 27.0. The van der Waals surface area contributed by atoms with Crippen LogP contribution in [0.5, 0.6) is 0 Å². The van der Waals surface area contributed by atoms with Crippen LogP contribution in [0.15, 0.2) is 23.2 Å². The van der Waals surface area contributed by atoms with Gasteiger partial charge in [-0.05, 0) is 36.8 Å².